The van der Waals surface area contributed by atoms with Crippen LogP contribution in [-0.2, 0) is 20.7 Å². The summed E-state index contributed by atoms with van der Waals surface area (Å²) in [5.41, 5.74) is 6.79. The topological polar surface area (TPSA) is 144 Å². The molecule has 1 aromatic carbocycles. The number of nitrogens with two attached hydrogens (primary N) is 1. The van der Waals surface area contributed by atoms with Crippen LogP contribution in [0.4, 0.5) is 0 Å². The Morgan fingerprint density at radius 3 is 2.36 bits per heavy atom. The number of amides is 2. The summed E-state index contributed by atoms with van der Waals surface area (Å²) in [5.74, 6) is -0.107. The van der Waals surface area contributed by atoms with E-state index in [1.54, 1.807) is 5.38 Å². The van der Waals surface area contributed by atoms with Gasteiger partial charge in [-0.2, -0.15) is 0 Å². The number of nitrogens with one attached hydrogen (secondary N) is 1. The molecule has 2 amide bonds. The van der Waals surface area contributed by atoms with E-state index in [1.807, 2.05) is 29.2 Å². The number of ether oxygens (including phenoxy) is 2. The van der Waals surface area contributed by atoms with Gasteiger partial charge in [-0.15, -0.1) is 11.3 Å². The van der Waals surface area contributed by atoms with Crippen molar-refractivity contribution in [2.45, 2.75) is 123 Å². The number of aromatic nitrogens is 1. The molecule has 1 aromatic heterocycles. The van der Waals surface area contributed by atoms with Gasteiger partial charge in [0.25, 0.3) is 5.91 Å². The van der Waals surface area contributed by atoms with E-state index < -0.39 is 12.0 Å². The van der Waals surface area contributed by atoms with Gasteiger partial charge in [-0.25, -0.2) is 4.98 Å². The van der Waals surface area contributed by atoms with E-state index in [2.05, 4.69) is 39.9 Å². The zero-order valence-corrected chi connectivity index (χ0v) is 30.0. The molecule has 0 aliphatic heterocycles. The first-order chi connectivity index (χ1) is 22.6. The Morgan fingerprint density at radius 2 is 1.74 bits per heavy atom. The number of carbonyl (C=O) groups is 3. The second kappa shape index (κ2) is 22.5. The lowest BCUT2D eigenvalue weighted by molar-refractivity contribution is -0.137. The normalized spacial score (nSPS) is 13.3. The van der Waals surface area contributed by atoms with Gasteiger partial charge in [-0.1, -0.05) is 53.2 Å². The molecule has 4 N–H and O–H groups in total. The standard InChI is InChI=1S/C36H58N4O6S/c1-6-9-12-33(41)40(20-7-2)31(26(4)5)24-32(46-21-8-3)36-39-30(25-47-36)35(44)38-28(15-18-34(42)43)23-27-13-16-29(17-14-27)45-22-11-10-19-37/h13-14,16-17,25-26,28,31-32H,6-12,15,18-24,37H2,1-5H3,(H,38,44)(H,42,43). The molecular weight excluding hydrogens is 616 g/mol. The number of carboxylic acid groups (broad SMARTS) is 1. The van der Waals surface area contributed by atoms with Crippen molar-refractivity contribution in [1.29, 1.82) is 0 Å². The van der Waals surface area contributed by atoms with Gasteiger partial charge in [0.15, 0.2) is 0 Å². The maximum atomic E-state index is 13.4. The van der Waals surface area contributed by atoms with Crippen LogP contribution in [0.25, 0.3) is 0 Å². The van der Waals surface area contributed by atoms with E-state index in [4.69, 9.17) is 20.2 Å². The van der Waals surface area contributed by atoms with Gasteiger partial charge < -0.3 is 30.5 Å². The van der Waals surface area contributed by atoms with Gasteiger partial charge in [-0.05, 0) is 75.1 Å². The molecular formula is C36H58N4O6S. The van der Waals surface area contributed by atoms with E-state index in [1.165, 1.54) is 11.3 Å². The molecule has 3 atom stereocenters. The molecule has 0 radical (unpaired) electrons. The number of unbranched alkanes of at least 4 members (excludes halogenated alkanes) is 2. The van der Waals surface area contributed by atoms with Crippen molar-refractivity contribution in [3.8, 4) is 5.75 Å². The van der Waals surface area contributed by atoms with Crippen LogP contribution in [0.2, 0.25) is 0 Å². The van der Waals surface area contributed by atoms with E-state index in [-0.39, 0.29) is 48.4 Å². The van der Waals surface area contributed by atoms with Crippen LogP contribution in [-0.4, -0.2) is 71.2 Å². The van der Waals surface area contributed by atoms with Crippen molar-refractivity contribution in [2.75, 3.05) is 26.3 Å². The number of hydrogen-bond donors (Lipinski definition) is 3. The fourth-order valence-electron chi connectivity index (χ4n) is 5.43. The van der Waals surface area contributed by atoms with E-state index in [9.17, 15) is 19.5 Å². The quantitative estimate of drug-likeness (QED) is 0.0979. The van der Waals surface area contributed by atoms with Crippen LogP contribution >= 0.6 is 11.3 Å². The van der Waals surface area contributed by atoms with E-state index in [0.717, 1.165) is 49.8 Å². The SMILES string of the molecule is CCCCC(=O)N(CCC)C(CC(OCCC)c1nc(C(=O)NC(CCC(=O)O)Cc2ccc(OCCCCN)cc2)cs1)C(C)C. The zero-order valence-electron chi connectivity index (χ0n) is 29.2. The second-order valence-corrected chi connectivity index (χ2v) is 13.4. The minimum absolute atomic E-state index is 0.0227. The van der Waals surface area contributed by atoms with E-state index >= 15 is 0 Å². The summed E-state index contributed by atoms with van der Waals surface area (Å²) in [6.45, 7) is 13.0. The van der Waals surface area contributed by atoms with Gasteiger partial charge >= 0.3 is 5.97 Å². The maximum absolute atomic E-state index is 13.4. The first-order valence-electron chi connectivity index (χ1n) is 17.4. The maximum Gasteiger partial charge on any atom is 0.303 e. The molecule has 0 fully saturated rings. The third-order valence-corrected chi connectivity index (χ3v) is 8.96. The Morgan fingerprint density at radius 1 is 1.00 bits per heavy atom. The van der Waals surface area contributed by atoms with Crippen LogP contribution in [0, 0.1) is 5.92 Å². The number of carboxylic acids is 1. The monoisotopic (exact) mass is 674 g/mol. The third-order valence-electron chi connectivity index (χ3n) is 8.02. The highest BCUT2D eigenvalue weighted by Gasteiger charge is 2.31. The van der Waals surface area contributed by atoms with Gasteiger partial charge in [0.05, 0.1) is 6.61 Å². The first-order valence-corrected chi connectivity index (χ1v) is 18.3. The molecule has 0 saturated carbocycles. The van der Waals surface area contributed by atoms with Crippen molar-refractivity contribution in [3.63, 3.8) is 0 Å². The minimum Gasteiger partial charge on any atom is -0.494 e. The van der Waals surface area contributed by atoms with E-state index in [0.29, 0.717) is 50.6 Å². The number of hydrogen-bond acceptors (Lipinski definition) is 8. The Balaban J connectivity index is 2.19. The highest BCUT2D eigenvalue weighted by Crippen LogP contribution is 2.31. The van der Waals surface area contributed by atoms with Crippen LogP contribution in [0.15, 0.2) is 29.6 Å². The lowest BCUT2D eigenvalue weighted by Gasteiger charge is -2.36. The van der Waals surface area contributed by atoms with Crippen LogP contribution < -0.4 is 15.8 Å². The highest BCUT2D eigenvalue weighted by molar-refractivity contribution is 7.09. The summed E-state index contributed by atoms with van der Waals surface area (Å²) in [4.78, 5) is 44.8. The largest absolute Gasteiger partial charge is 0.494 e. The molecule has 264 valence electrons. The molecule has 10 nitrogen and oxygen atoms in total. The van der Waals surface area contributed by atoms with Crippen LogP contribution in [0.1, 0.15) is 126 Å². The van der Waals surface area contributed by atoms with Crippen molar-refractivity contribution in [1.82, 2.24) is 15.2 Å². The lowest BCUT2D eigenvalue weighted by atomic mass is 9.95. The number of nitrogens with zero attached hydrogens (tertiary/aromatic N) is 2. The molecule has 0 aliphatic rings. The fourth-order valence-corrected chi connectivity index (χ4v) is 6.29. The first kappa shape index (κ1) is 40.2. The average molecular weight is 675 g/mol. The van der Waals surface area contributed by atoms with Crippen molar-refractivity contribution in [3.05, 3.63) is 45.9 Å². The predicted molar refractivity (Wildman–Crippen MR) is 188 cm³/mol. The van der Waals surface area contributed by atoms with Gasteiger partial charge in [-0.3, -0.25) is 14.4 Å². The molecule has 3 unspecified atom stereocenters. The summed E-state index contributed by atoms with van der Waals surface area (Å²) in [5, 5.41) is 14.8. The van der Waals surface area contributed by atoms with Gasteiger partial charge in [0.1, 0.15) is 22.6 Å². The fraction of sp³-hybridized carbons (Fsp3) is 0.667. The molecule has 2 aromatic rings. The Bertz CT molecular complexity index is 1190. The number of rotatable bonds is 25. The Kier molecular flexibility index (Phi) is 19.3. The molecule has 0 saturated heterocycles. The Labute approximate surface area is 285 Å². The summed E-state index contributed by atoms with van der Waals surface area (Å²) in [7, 11) is 0. The number of benzene rings is 1. The average Bonchev–Trinajstić information content (AvgIpc) is 3.55. The summed E-state index contributed by atoms with van der Waals surface area (Å²) in [6.07, 6.45) is 6.82. The van der Waals surface area contributed by atoms with Gasteiger partial charge in [0.2, 0.25) is 5.91 Å². The van der Waals surface area contributed by atoms with Gasteiger partial charge in [0, 0.05) is 49.9 Å². The highest BCUT2D eigenvalue weighted by atomic mass is 32.1. The number of thiazole rings is 1. The number of aliphatic carboxylic acids is 1. The van der Waals surface area contributed by atoms with Crippen molar-refractivity contribution < 1.29 is 29.0 Å². The third kappa shape index (κ3) is 14.7. The lowest BCUT2D eigenvalue weighted by Crippen LogP contribution is -2.44. The molecule has 11 heteroatoms. The van der Waals surface area contributed by atoms with Crippen molar-refractivity contribution >= 4 is 29.1 Å². The predicted octanol–water partition coefficient (Wildman–Crippen LogP) is 6.78. The Hall–Kier alpha value is -3.02. The van der Waals surface area contributed by atoms with Crippen molar-refractivity contribution in [2.24, 2.45) is 11.7 Å². The molecule has 1 heterocycles. The summed E-state index contributed by atoms with van der Waals surface area (Å²) in [6, 6.07) is 7.24. The van der Waals surface area contributed by atoms with Crippen LogP contribution in [0.3, 0.4) is 0 Å². The summed E-state index contributed by atoms with van der Waals surface area (Å²) >= 11 is 1.38. The molecule has 0 spiro atoms. The zero-order chi connectivity index (χ0) is 34.6. The van der Waals surface area contributed by atoms with Crippen LogP contribution in [0.5, 0.6) is 5.75 Å². The summed E-state index contributed by atoms with van der Waals surface area (Å²) < 4.78 is 12.1. The molecule has 2 rings (SSSR count). The molecule has 47 heavy (non-hydrogen) atoms. The smallest absolute Gasteiger partial charge is 0.303 e. The second-order valence-electron chi connectivity index (χ2n) is 12.5. The number of carbonyl (C=O) groups excluding carboxylic acids is 2. The molecule has 0 aliphatic carbocycles. The molecule has 0 bridgehead atoms. The minimum atomic E-state index is -0.915.